The summed E-state index contributed by atoms with van der Waals surface area (Å²) in [6, 6.07) is 48.9. The van der Waals surface area contributed by atoms with Gasteiger partial charge in [-0.2, -0.15) is 0 Å². The van der Waals surface area contributed by atoms with Gasteiger partial charge in [-0.25, -0.2) is 0 Å². The number of rotatable bonds is 1. The fraction of sp³-hybridized carbons (Fsp3) is 0. The summed E-state index contributed by atoms with van der Waals surface area (Å²) in [4.78, 5) is 4.74. The second kappa shape index (κ2) is 8.72. The molecule has 8 aromatic rings. The third-order valence-corrected chi connectivity index (χ3v) is 9.72. The Bertz CT molecular complexity index is 2320. The van der Waals surface area contributed by atoms with Gasteiger partial charge in [0.15, 0.2) is 0 Å². The number of fused-ring (bicyclic) bond motifs is 12. The van der Waals surface area contributed by atoms with Gasteiger partial charge in [0.2, 0.25) is 0 Å². The number of aromatic nitrogens is 1. The number of benzene rings is 6. The molecule has 9 rings (SSSR count). The Labute approximate surface area is 242 Å². The highest BCUT2D eigenvalue weighted by molar-refractivity contribution is 7.26. The fourth-order valence-electron chi connectivity index (χ4n) is 6.71. The Morgan fingerprint density at radius 3 is 1.85 bits per heavy atom. The third-order valence-electron chi connectivity index (χ3n) is 8.50. The zero-order valence-electron chi connectivity index (χ0n) is 22.1. The van der Waals surface area contributed by atoms with Gasteiger partial charge in [0.1, 0.15) is 0 Å². The normalized spacial score (nSPS) is 11.9. The lowest BCUT2D eigenvalue weighted by Gasteiger charge is -2.25. The van der Waals surface area contributed by atoms with E-state index in [-0.39, 0.29) is 0 Å². The molecule has 0 N–H and O–H groups in total. The number of pyridine rings is 1. The summed E-state index contributed by atoms with van der Waals surface area (Å²) < 4.78 is 2.67. The first kappa shape index (κ1) is 22.7. The lowest BCUT2D eigenvalue weighted by molar-refractivity contribution is 1.41. The zero-order chi connectivity index (χ0) is 26.9. The molecule has 1 aliphatic carbocycles. The zero-order valence-corrected chi connectivity index (χ0v) is 23.0. The second-order valence-electron chi connectivity index (χ2n) is 10.7. The largest absolute Gasteiger partial charge is 0.256 e. The van der Waals surface area contributed by atoms with Crippen molar-refractivity contribution in [2.75, 3.05) is 0 Å². The van der Waals surface area contributed by atoms with E-state index < -0.39 is 0 Å². The standard InChI is InChI=1S/C39H23NS/c1-2-12-26-25(11-1)30-16-7-17-31(33-19-8-18-32-28-14-5-6-20-37(28)41-39(32)33)38(30)29-15-4-3-13-27(29)35-23-36-24(22-34(26)35)10-9-21-40-36/h1-23H. The van der Waals surface area contributed by atoms with Gasteiger partial charge in [0, 0.05) is 37.3 Å². The topological polar surface area (TPSA) is 12.9 Å². The Morgan fingerprint density at radius 1 is 0.415 bits per heavy atom. The van der Waals surface area contributed by atoms with E-state index in [4.69, 9.17) is 4.98 Å². The van der Waals surface area contributed by atoms with Gasteiger partial charge in [-0.1, -0.05) is 109 Å². The van der Waals surface area contributed by atoms with Crippen LogP contribution in [-0.2, 0) is 0 Å². The molecule has 0 fully saturated rings. The van der Waals surface area contributed by atoms with Gasteiger partial charge < -0.3 is 0 Å². The molecule has 2 heterocycles. The average molecular weight is 538 g/mol. The quantitative estimate of drug-likeness (QED) is 0.203. The molecule has 41 heavy (non-hydrogen) atoms. The maximum absolute atomic E-state index is 4.74. The molecule has 0 radical (unpaired) electrons. The van der Waals surface area contributed by atoms with E-state index in [2.05, 4.69) is 127 Å². The van der Waals surface area contributed by atoms with Crippen LogP contribution in [0, 0.1) is 0 Å². The lowest BCUT2D eigenvalue weighted by atomic mass is 9.78. The minimum absolute atomic E-state index is 1.02. The van der Waals surface area contributed by atoms with Crippen molar-refractivity contribution >= 4 is 42.4 Å². The predicted octanol–water partition coefficient (Wildman–Crippen LogP) is 11.3. The molecule has 2 aromatic heterocycles. The average Bonchev–Trinajstić information content (AvgIpc) is 3.42. The van der Waals surface area contributed by atoms with Crippen molar-refractivity contribution in [3.63, 3.8) is 0 Å². The van der Waals surface area contributed by atoms with Gasteiger partial charge in [0.25, 0.3) is 0 Å². The minimum Gasteiger partial charge on any atom is -0.256 e. The molecule has 2 heteroatoms. The van der Waals surface area contributed by atoms with Crippen molar-refractivity contribution in [2.45, 2.75) is 0 Å². The highest BCUT2D eigenvalue weighted by Gasteiger charge is 2.25. The molecule has 0 aliphatic heterocycles. The monoisotopic (exact) mass is 537 g/mol. The molecular weight excluding hydrogens is 515 g/mol. The van der Waals surface area contributed by atoms with Crippen LogP contribution in [0.2, 0.25) is 0 Å². The predicted molar refractivity (Wildman–Crippen MR) is 175 cm³/mol. The van der Waals surface area contributed by atoms with Gasteiger partial charge >= 0.3 is 0 Å². The number of hydrogen-bond acceptors (Lipinski definition) is 2. The van der Waals surface area contributed by atoms with Gasteiger partial charge in [-0.3, -0.25) is 4.98 Å². The summed E-state index contributed by atoms with van der Waals surface area (Å²) in [7, 11) is 0. The Kier molecular flexibility index (Phi) is 4.84. The molecule has 0 saturated heterocycles. The van der Waals surface area contributed by atoms with Gasteiger partial charge in [-0.15, -0.1) is 11.3 Å². The third kappa shape index (κ3) is 3.32. The molecule has 0 spiro atoms. The van der Waals surface area contributed by atoms with E-state index in [1.807, 2.05) is 23.6 Å². The summed E-state index contributed by atoms with van der Waals surface area (Å²) in [5, 5.41) is 3.81. The van der Waals surface area contributed by atoms with Crippen LogP contribution in [0.4, 0.5) is 0 Å². The molecule has 0 bridgehead atoms. The number of nitrogens with zero attached hydrogens (tertiary/aromatic N) is 1. The van der Waals surface area contributed by atoms with E-state index in [1.54, 1.807) is 0 Å². The molecule has 190 valence electrons. The lowest BCUT2D eigenvalue weighted by Crippen LogP contribution is -1.99. The van der Waals surface area contributed by atoms with E-state index >= 15 is 0 Å². The van der Waals surface area contributed by atoms with Crippen LogP contribution in [0.5, 0.6) is 0 Å². The molecule has 0 unspecified atom stereocenters. The highest BCUT2D eigenvalue weighted by atomic mass is 32.1. The fourth-order valence-corrected chi connectivity index (χ4v) is 7.94. The molecule has 0 saturated carbocycles. The van der Waals surface area contributed by atoms with Crippen LogP contribution in [0.3, 0.4) is 0 Å². The van der Waals surface area contributed by atoms with Crippen LogP contribution in [-0.4, -0.2) is 4.98 Å². The Morgan fingerprint density at radius 2 is 1.00 bits per heavy atom. The van der Waals surface area contributed by atoms with E-state index in [0.29, 0.717) is 0 Å². The first-order valence-corrected chi connectivity index (χ1v) is 14.8. The van der Waals surface area contributed by atoms with Gasteiger partial charge in [0.05, 0.1) is 5.52 Å². The summed E-state index contributed by atoms with van der Waals surface area (Å²) in [6.45, 7) is 0. The Hall–Kier alpha value is -5.05. The molecular formula is C39H23NS. The number of thiophene rings is 1. The van der Waals surface area contributed by atoms with E-state index in [1.165, 1.54) is 75.8 Å². The van der Waals surface area contributed by atoms with E-state index in [0.717, 1.165) is 10.9 Å². The molecule has 1 aliphatic rings. The highest BCUT2D eigenvalue weighted by Crippen LogP contribution is 2.52. The van der Waals surface area contributed by atoms with Crippen LogP contribution >= 0.6 is 11.3 Å². The maximum atomic E-state index is 4.74. The molecule has 0 atom stereocenters. The summed E-state index contributed by atoms with van der Waals surface area (Å²) in [5.41, 5.74) is 13.6. The SMILES string of the molecule is c1ccc2c(c1)-c1cc3cccnc3cc1-c1ccccc1-c1c-2cccc1-c1cccc2c1sc1ccccc12. The first-order valence-electron chi connectivity index (χ1n) is 14.0. The summed E-state index contributed by atoms with van der Waals surface area (Å²) >= 11 is 1.89. The van der Waals surface area contributed by atoms with Crippen molar-refractivity contribution in [3.8, 4) is 55.6 Å². The van der Waals surface area contributed by atoms with Crippen molar-refractivity contribution in [2.24, 2.45) is 0 Å². The van der Waals surface area contributed by atoms with Crippen molar-refractivity contribution < 1.29 is 0 Å². The van der Waals surface area contributed by atoms with Gasteiger partial charge in [-0.05, 0) is 74.3 Å². The second-order valence-corrected chi connectivity index (χ2v) is 11.7. The Balaban J connectivity index is 1.44. The van der Waals surface area contributed by atoms with E-state index in [9.17, 15) is 0 Å². The summed E-state index contributed by atoms with van der Waals surface area (Å²) in [6.07, 6.45) is 1.89. The van der Waals surface area contributed by atoms with Crippen molar-refractivity contribution in [3.05, 3.63) is 140 Å². The molecule has 6 aromatic carbocycles. The van der Waals surface area contributed by atoms with Crippen molar-refractivity contribution in [1.29, 1.82) is 0 Å². The molecule has 1 nitrogen and oxygen atoms in total. The minimum atomic E-state index is 1.02. The maximum Gasteiger partial charge on any atom is 0.0708 e. The number of hydrogen-bond donors (Lipinski definition) is 0. The van der Waals surface area contributed by atoms with Crippen LogP contribution in [0.15, 0.2) is 140 Å². The first-order chi connectivity index (χ1) is 20.3. The van der Waals surface area contributed by atoms with Crippen molar-refractivity contribution in [1.82, 2.24) is 4.98 Å². The summed E-state index contributed by atoms with van der Waals surface area (Å²) in [5.74, 6) is 0. The van der Waals surface area contributed by atoms with Crippen LogP contribution in [0.25, 0.3) is 86.7 Å². The molecule has 0 amide bonds. The smallest absolute Gasteiger partial charge is 0.0708 e. The van der Waals surface area contributed by atoms with Crippen LogP contribution in [0.1, 0.15) is 0 Å². The van der Waals surface area contributed by atoms with Crippen LogP contribution < -0.4 is 0 Å².